The van der Waals surface area contributed by atoms with Crippen LogP contribution in [0, 0.1) is 23.2 Å². The average Bonchev–Trinajstić information content (AvgIpc) is 2.90. The summed E-state index contributed by atoms with van der Waals surface area (Å²) in [5, 5.41) is 8.75. The largest absolute Gasteiger partial charge is 0.369 e. The molecule has 2 unspecified atom stereocenters. The van der Waals surface area contributed by atoms with Crippen molar-refractivity contribution in [1.29, 1.82) is 5.26 Å². The molecule has 22 heavy (non-hydrogen) atoms. The van der Waals surface area contributed by atoms with E-state index in [2.05, 4.69) is 6.07 Å². The van der Waals surface area contributed by atoms with Crippen molar-refractivity contribution in [3.8, 4) is 6.07 Å². The Bertz CT molecular complexity index is 560. The SMILES string of the molecule is Cl.N#Cc1ccc(CCN2CC(C(N)=O)C(C(N)=O)C2)cc1. The first kappa shape index (κ1) is 18.0. The van der Waals surface area contributed by atoms with Gasteiger partial charge in [0, 0.05) is 19.6 Å². The van der Waals surface area contributed by atoms with Crippen molar-refractivity contribution in [2.75, 3.05) is 19.6 Å². The van der Waals surface area contributed by atoms with Crippen LogP contribution >= 0.6 is 12.4 Å². The summed E-state index contributed by atoms with van der Waals surface area (Å²) in [6.45, 7) is 1.66. The van der Waals surface area contributed by atoms with Crippen LogP contribution in [0.3, 0.4) is 0 Å². The lowest BCUT2D eigenvalue weighted by molar-refractivity contribution is -0.129. The highest BCUT2D eigenvalue weighted by Gasteiger charge is 2.39. The first-order valence-corrected chi connectivity index (χ1v) is 6.81. The van der Waals surface area contributed by atoms with Gasteiger partial charge in [-0.15, -0.1) is 12.4 Å². The predicted octanol–water partition coefficient (Wildman–Crippen LogP) is 0.0412. The van der Waals surface area contributed by atoms with Crippen molar-refractivity contribution in [2.45, 2.75) is 6.42 Å². The van der Waals surface area contributed by atoms with Crippen molar-refractivity contribution in [1.82, 2.24) is 4.90 Å². The number of hydrogen-bond acceptors (Lipinski definition) is 4. The lowest BCUT2D eigenvalue weighted by Gasteiger charge is -2.15. The molecule has 1 fully saturated rings. The molecule has 1 aromatic carbocycles. The van der Waals surface area contributed by atoms with E-state index in [1.165, 1.54) is 0 Å². The van der Waals surface area contributed by atoms with E-state index in [0.29, 0.717) is 18.7 Å². The smallest absolute Gasteiger partial charge is 0.222 e. The van der Waals surface area contributed by atoms with Gasteiger partial charge in [-0.05, 0) is 24.1 Å². The molecule has 0 radical (unpaired) electrons. The van der Waals surface area contributed by atoms with Gasteiger partial charge < -0.3 is 16.4 Å². The molecule has 0 saturated carbocycles. The van der Waals surface area contributed by atoms with Crippen LogP contribution < -0.4 is 11.5 Å². The Hall–Kier alpha value is -2.10. The van der Waals surface area contributed by atoms with Crippen molar-refractivity contribution >= 4 is 24.2 Å². The zero-order valence-electron chi connectivity index (χ0n) is 12.1. The molecular formula is C15H19ClN4O2. The van der Waals surface area contributed by atoms with Crippen LogP contribution in [0.2, 0.25) is 0 Å². The summed E-state index contributed by atoms with van der Waals surface area (Å²) in [6, 6.07) is 9.44. The molecule has 1 saturated heterocycles. The molecule has 2 rings (SSSR count). The number of rotatable bonds is 5. The number of halogens is 1. The molecule has 2 atom stereocenters. The third-order valence-electron chi connectivity index (χ3n) is 3.93. The third-order valence-corrected chi connectivity index (χ3v) is 3.93. The number of likely N-dealkylation sites (tertiary alicyclic amines) is 1. The number of amides is 2. The van der Waals surface area contributed by atoms with E-state index in [1.54, 1.807) is 12.1 Å². The van der Waals surface area contributed by atoms with E-state index in [1.807, 2.05) is 17.0 Å². The summed E-state index contributed by atoms with van der Waals surface area (Å²) in [4.78, 5) is 24.8. The topological polar surface area (TPSA) is 113 Å². The zero-order valence-corrected chi connectivity index (χ0v) is 12.9. The van der Waals surface area contributed by atoms with Gasteiger partial charge in [0.2, 0.25) is 11.8 Å². The molecule has 0 spiro atoms. The molecule has 1 aliphatic heterocycles. The van der Waals surface area contributed by atoms with Crippen LogP contribution in [0.15, 0.2) is 24.3 Å². The van der Waals surface area contributed by atoms with Crippen LogP contribution in [0.4, 0.5) is 0 Å². The second kappa shape index (κ2) is 7.78. The van der Waals surface area contributed by atoms with Gasteiger partial charge in [-0.2, -0.15) is 5.26 Å². The van der Waals surface area contributed by atoms with Crippen LogP contribution in [0.1, 0.15) is 11.1 Å². The first-order chi connectivity index (χ1) is 10.0. The molecule has 118 valence electrons. The highest BCUT2D eigenvalue weighted by Crippen LogP contribution is 2.23. The van der Waals surface area contributed by atoms with E-state index in [9.17, 15) is 9.59 Å². The van der Waals surface area contributed by atoms with Crippen molar-refractivity contribution in [3.05, 3.63) is 35.4 Å². The van der Waals surface area contributed by atoms with Gasteiger partial charge in [0.1, 0.15) is 0 Å². The number of benzene rings is 1. The van der Waals surface area contributed by atoms with Gasteiger partial charge in [0.25, 0.3) is 0 Å². The molecular weight excluding hydrogens is 304 g/mol. The summed E-state index contributed by atoms with van der Waals surface area (Å²) in [5.41, 5.74) is 12.4. The Balaban J connectivity index is 0.00000242. The van der Waals surface area contributed by atoms with Crippen LogP contribution in [0.5, 0.6) is 0 Å². The summed E-state index contributed by atoms with van der Waals surface area (Å²) in [5.74, 6) is -1.94. The van der Waals surface area contributed by atoms with Crippen LogP contribution in [0.25, 0.3) is 0 Å². The third kappa shape index (κ3) is 4.20. The highest BCUT2D eigenvalue weighted by atomic mass is 35.5. The Morgan fingerprint density at radius 1 is 1.14 bits per heavy atom. The Kier molecular flexibility index (Phi) is 6.35. The van der Waals surface area contributed by atoms with E-state index >= 15 is 0 Å². The summed E-state index contributed by atoms with van der Waals surface area (Å²) in [6.07, 6.45) is 0.780. The fraction of sp³-hybridized carbons (Fsp3) is 0.400. The number of nitrogens with zero attached hydrogens (tertiary/aromatic N) is 2. The average molecular weight is 323 g/mol. The number of primary amides is 2. The van der Waals surface area contributed by atoms with Gasteiger partial charge in [-0.1, -0.05) is 12.1 Å². The molecule has 0 aliphatic carbocycles. The first-order valence-electron chi connectivity index (χ1n) is 6.81. The Morgan fingerprint density at radius 2 is 1.64 bits per heavy atom. The molecule has 1 aliphatic rings. The predicted molar refractivity (Wildman–Crippen MR) is 83.9 cm³/mol. The van der Waals surface area contributed by atoms with Crippen molar-refractivity contribution in [2.24, 2.45) is 23.3 Å². The van der Waals surface area contributed by atoms with Gasteiger partial charge in [0.05, 0.1) is 23.5 Å². The maximum atomic E-state index is 11.4. The second-order valence-electron chi connectivity index (χ2n) is 5.34. The minimum Gasteiger partial charge on any atom is -0.369 e. The maximum absolute atomic E-state index is 11.4. The molecule has 7 heteroatoms. The molecule has 1 heterocycles. The van der Waals surface area contributed by atoms with Gasteiger partial charge >= 0.3 is 0 Å². The number of carbonyl (C=O) groups is 2. The molecule has 6 nitrogen and oxygen atoms in total. The number of nitriles is 1. The van der Waals surface area contributed by atoms with Crippen LogP contribution in [-0.4, -0.2) is 36.3 Å². The minimum atomic E-state index is -0.497. The molecule has 2 amide bonds. The van der Waals surface area contributed by atoms with Gasteiger partial charge in [-0.3, -0.25) is 9.59 Å². The molecule has 0 bridgehead atoms. The normalized spacial score (nSPS) is 20.9. The van der Waals surface area contributed by atoms with Crippen molar-refractivity contribution in [3.63, 3.8) is 0 Å². The zero-order chi connectivity index (χ0) is 15.4. The summed E-state index contributed by atoms with van der Waals surface area (Å²) < 4.78 is 0. The molecule has 4 N–H and O–H groups in total. The monoisotopic (exact) mass is 322 g/mol. The molecule has 1 aromatic rings. The maximum Gasteiger partial charge on any atom is 0.222 e. The second-order valence-corrected chi connectivity index (χ2v) is 5.34. The lowest BCUT2D eigenvalue weighted by Crippen LogP contribution is -2.36. The highest BCUT2D eigenvalue weighted by molar-refractivity contribution is 5.87. The van der Waals surface area contributed by atoms with Crippen molar-refractivity contribution < 1.29 is 9.59 Å². The van der Waals surface area contributed by atoms with Gasteiger partial charge in [0.15, 0.2) is 0 Å². The van der Waals surface area contributed by atoms with E-state index in [-0.39, 0.29) is 12.4 Å². The number of carbonyl (C=O) groups excluding carboxylic acids is 2. The van der Waals surface area contributed by atoms with Crippen LogP contribution in [-0.2, 0) is 16.0 Å². The summed E-state index contributed by atoms with van der Waals surface area (Å²) >= 11 is 0. The fourth-order valence-electron chi connectivity index (χ4n) is 2.68. The minimum absolute atomic E-state index is 0. The fourth-order valence-corrected chi connectivity index (χ4v) is 2.68. The Morgan fingerprint density at radius 3 is 2.05 bits per heavy atom. The Labute approximate surface area is 135 Å². The number of hydrogen-bond donors (Lipinski definition) is 2. The van der Waals surface area contributed by atoms with E-state index in [0.717, 1.165) is 18.5 Å². The lowest BCUT2D eigenvalue weighted by atomic mass is 9.95. The summed E-state index contributed by atoms with van der Waals surface area (Å²) in [7, 11) is 0. The molecule has 0 aromatic heterocycles. The number of nitrogens with two attached hydrogens (primary N) is 2. The van der Waals surface area contributed by atoms with Gasteiger partial charge in [-0.25, -0.2) is 0 Å². The van der Waals surface area contributed by atoms with E-state index in [4.69, 9.17) is 16.7 Å². The quantitative estimate of drug-likeness (QED) is 0.796. The van der Waals surface area contributed by atoms with E-state index < -0.39 is 23.7 Å². The standard InChI is InChI=1S/C15H18N4O2.ClH/c16-7-11-3-1-10(2-4-11)5-6-19-8-12(14(17)20)13(9-19)15(18)21;/h1-4,12-13H,5-6,8-9H2,(H2,17,20)(H2,18,21);1H.